The van der Waals surface area contributed by atoms with Gasteiger partial charge in [-0.05, 0) is 19.1 Å². The standard InChI is InChI=1S/C13H20N2O5/c1-3-15(9-10-5-4-7-20-10)13(18)14-11(12(16)17)6-8-19-2/h4-5,7,11H,3,6,8-9H2,1-2H3,(H,14,18)(H,16,17). The molecule has 0 radical (unpaired) electrons. The number of rotatable bonds is 8. The number of nitrogens with zero attached hydrogens (tertiary/aromatic N) is 1. The fraction of sp³-hybridized carbons (Fsp3) is 0.538. The van der Waals surface area contributed by atoms with E-state index in [4.69, 9.17) is 14.3 Å². The van der Waals surface area contributed by atoms with Crippen LogP contribution in [0, 0.1) is 0 Å². The van der Waals surface area contributed by atoms with Crippen LogP contribution in [0.15, 0.2) is 22.8 Å². The SMILES string of the molecule is CCN(Cc1ccco1)C(=O)NC(CCOC)C(=O)O. The number of hydrogen-bond donors (Lipinski definition) is 2. The molecule has 0 saturated carbocycles. The van der Waals surface area contributed by atoms with Crippen LogP contribution in [-0.4, -0.2) is 48.3 Å². The summed E-state index contributed by atoms with van der Waals surface area (Å²) in [4.78, 5) is 24.6. The number of carboxylic acids is 1. The van der Waals surface area contributed by atoms with E-state index in [1.807, 2.05) is 6.92 Å². The van der Waals surface area contributed by atoms with Crippen molar-refractivity contribution in [2.45, 2.75) is 25.9 Å². The van der Waals surface area contributed by atoms with Gasteiger partial charge in [-0.2, -0.15) is 0 Å². The Morgan fingerprint density at radius 1 is 1.55 bits per heavy atom. The van der Waals surface area contributed by atoms with Crippen molar-refractivity contribution in [3.05, 3.63) is 24.2 Å². The van der Waals surface area contributed by atoms with E-state index < -0.39 is 18.0 Å². The molecule has 1 aromatic heterocycles. The summed E-state index contributed by atoms with van der Waals surface area (Å²) < 4.78 is 10.0. The number of methoxy groups -OCH3 is 1. The summed E-state index contributed by atoms with van der Waals surface area (Å²) in [7, 11) is 1.48. The maximum Gasteiger partial charge on any atom is 0.326 e. The molecule has 0 bridgehead atoms. The first-order chi connectivity index (χ1) is 9.58. The highest BCUT2D eigenvalue weighted by molar-refractivity contribution is 5.82. The number of carbonyl (C=O) groups excluding carboxylic acids is 1. The van der Waals surface area contributed by atoms with E-state index in [2.05, 4.69) is 5.32 Å². The zero-order chi connectivity index (χ0) is 15.0. The van der Waals surface area contributed by atoms with Crippen LogP contribution < -0.4 is 5.32 Å². The smallest absolute Gasteiger partial charge is 0.326 e. The number of amides is 2. The Kier molecular flexibility index (Phi) is 6.58. The lowest BCUT2D eigenvalue weighted by Gasteiger charge is -2.23. The van der Waals surface area contributed by atoms with Gasteiger partial charge in [0, 0.05) is 26.7 Å². The zero-order valence-electron chi connectivity index (χ0n) is 11.7. The number of furan rings is 1. The Bertz CT molecular complexity index is 418. The van der Waals surface area contributed by atoms with Gasteiger partial charge in [0.15, 0.2) is 0 Å². The summed E-state index contributed by atoms with van der Waals surface area (Å²) in [6.45, 7) is 2.82. The van der Waals surface area contributed by atoms with Gasteiger partial charge in [-0.25, -0.2) is 9.59 Å². The summed E-state index contributed by atoms with van der Waals surface area (Å²) in [5.41, 5.74) is 0. The number of ether oxygens (including phenoxy) is 1. The highest BCUT2D eigenvalue weighted by Crippen LogP contribution is 2.06. The van der Waals surface area contributed by atoms with Crippen LogP contribution in [0.5, 0.6) is 0 Å². The van der Waals surface area contributed by atoms with Gasteiger partial charge in [0.2, 0.25) is 0 Å². The van der Waals surface area contributed by atoms with Crippen molar-refractivity contribution in [2.24, 2.45) is 0 Å². The number of carbonyl (C=O) groups is 2. The Hall–Kier alpha value is -2.02. The van der Waals surface area contributed by atoms with Gasteiger partial charge in [-0.1, -0.05) is 0 Å². The van der Waals surface area contributed by atoms with Crippen molar-refractivity contribution in [3.63, 3.8) is 0 Å². The van der Waals surface area contributed by atoms with Crippen molar-refractivity contribution < 1.29 is 23.8 Å². The molecule has 0 spiro atoms. The predicted molar refractivity (Wildman–Crippen MR) is 71.2 cm³/mol. The average molecular weight is 284 g/mol. The molecule has 1 aromatic rings. The molecule has 7 nitrogen and oxygen atoms in total. The van der Waals surface area contributed by atoms with E-state index in [-0.39, 0.29) is 13.0 Å². The highest BCUT2D eigenvalue weighted by Gasteiger charge is 2.22. The number of hydrogen-bond acceptors (Lipinski definition) is 4. The predicted octanol–water partition coefficient (Wildman–Crippen LogP) is 1.30. The van der Waals surface area contributed by atoms with Gasteiger partial charge in [0.05, 0.1) is 12.8 Å². The Balaban J connectivity index is 2.58. The first kappa shape index (κ1) is 16.0. The molecule has 0 aliphatic heterocycles. The second kappa shape index (κ2) is 8.21. The van der Waals surface area contributed by atoms with E-state index in [1.54, 1.807) is 12.1 Å². The van der Waals surface area contributed by atoms with Gasteiger partial charge in [-0.3, -0.25) is 0 Å². The Morgan fingerprint density at radius 3 is 2.80 bits per heavy atom. The number of urea groups is 1. The third-order valence-corrected chi connectivity index (χ3v) is 2.80. The van der Waals surface area contributed by atoms with Gasteiger partial charge in [-0.15, -0.1) is 0 Å². The van der Waals surface area contributed by atoms with Crippen molar-refractivity contribution >= 4 is 12.0 Å². The van der Waals surface area contributed by atoms with Crippen molar-refractivity contribution in [2.75, 3.05) is 20.3 Å². The van der Waals surface area contributed by atoms with E-state index >= 15 is 0 Å². The van der Waals surface area contributed by atoms with Gasteiger partial charge < -0.3 is 24.5 Å². The summed E-state index contributed by atoms with van der Waals surface area (Å²) in [5, 5.41) is 11.5. The van der Waals surface area contributed by atoms with Crippen LogP contribution in [0.2, 0.25) is 0 Å². The minimum absolute atomic E-state index is 0.218. The van der Waals surface area contributed by atoms with Gasteiger partial charge >= 0.3 is 12.0 Å². The van der Waals surface area contributed by atoms with Crippen molar-refractivity contribution in [1.29, 1.82) is 0 Å². The molecule has 1 atom stereocenters. The van der Waals surface area contributed by atoms with Crippen molar-refractivity contribution in [3.8, 4) is 0 Å². The first-order valence-corrected chi connectivity index (χ1v) is 6.38. The van der Waals surface area contributed by atoms with Crippen molar-refractivity contribution in [1.82, 2.24) is 10.2 Å². The molecule has 20 heavy (non-hydrogen) atoms. The van der Waals surface area contributed by atoms with E-state index in [1.165, 1.54) is 18.3 Å². The lowest BCUT2D eigenvalue weighted by atomic mass is 10.2. The average Bonchev–Trinajstić information content (AvgIpc) is 2.93. The number of aliphatic carboxylic acids is 1. The lowest BCUT2D eigenvalue weighted by molar-refractivity contribution is -0.139. The quantitative estimate of drug-likeness (QED) is 0.750. The van der Waals surface area contributed by atoms with E-state index in [0.717, 1.165) is 0 Å². The molecule has 2 N–H and O–H groups in total. The summed E-state index contributed by atoms with van der Waals surface area (Å²) >= 11 is 0. The second-order valence-electron chi connectivity index (χ2n) is 4.22. The molecule has 1 unspecified atom stereocenters. The lowest BCUT2D eigenvalue weighted by Crippen LogP contribution is -2.48. The summed E-state index contributed by atoms with van der Waals surface area (Å²) in [6, 6.07) is 2.09. The Labute approximate surface area is 117 Å². The van der Waals surface area contributed by atoms with Crippen LogP contribution in [0.4, 0.5) is 4.79 Å². The Morgan fingerprint density at radius 2 is 2.30 bits per heavy atom. The maximum atomic E-state index is 12.0. The highest BCUT2D eigenvalue weighted by atomic mass is 16.5. The second-order valence-corrected chi connectivity index (χ2v) is 4.22. The van der Waals surface area contributed by atoms with Crippen LogP contribution in [0.3, 0.4) is 0 Å². The summed E-state index contributed by atoms with van der Waals surface area (Å²) in [6.07, 6.45) is 1.75. The molecule has 0 saturated heterocycles. The number of nitrogens with one attached hydrogen (secondary N) is 1. The molecular weight excluding hydrogens is 264 g/mol. The van der Waals surface area contributed by atoms with Crippen LogP contribution in [0.25, 0.3) is 0 Å². The summed E-state index contributed by atoms with van der Waals surface area (Å²) in [5.74, 6) is -0.435. The molecule has 0 aromatic carbocycles. The molecule has 112 valence electrons. The van der Waals surface area contributed by atoms with E-state index in [0.29, 0.717) is 18.8 Å². The first-order valence-electron chi connectivity index (χ1n) is 6.38. The molecule has 0 fully saturated rings. The fourth-order valence-electron chi connectivity index (χ4n) is 1.65. The minimum atomic E-state index is -1.08. The fourth-order valence-corrected chi connectivity index (χ4v) is 1.65. The maximum absolute atomic E-state index is 12.0. The normalized spacial score (nSPS) is 11.9. The molecule has 1 rings (SSSR count). The zero-order valence-corrected chi connectivity index (χ0v) is 11.7. The third kappa shape index (κ3) is 4.93. The van der Waals surface area contributed by atoms with Gasteiger partial charge in [0.1, 0.15) is 11.8 Å². The van der Waals surface area contributed by atoms with Gasteiger partial charge in [0.25, 0.3) is 0 Å². The number of carboxylic acid groups (broad SMARTS) is 1. The molecule has 0 aliphatic carbocycles. The molecule has 0 aliphatic rings. The van der Waals surface area contributed by atoms with E-state index in [9.17, 15) is 9.59 Å². The minimum Gasteiger partial charge on any atom is -0.480 e. The molecule has 2 amide bonds. The third-order valence-electron chi connectivity index (χ3n) is 2.80. The topological polar surface area (TPSA) is 92.0 Å². The monoisotopic (exact) mass is 284 g/mol. The van der Waals surface area contributed by atoms with Crippen LogP contribution in [-0.2, 0) is 16.1 Å². The van der Waals surface area contributed by atoms with Crippen LogP contribution >= 0.6 is 0 Å². The molecule has 7 heteroatoms. The molecular formula is C13H20N2O5. The molecule has 1 heterocycles. The largest absolute Gasteiger partial charge is 0.480 e. The van der Waals surface area contributed by atoms with Crippen LogP contribution in [0.1, 0.15) is 19.1 Å².